The molecule has 0 aliphatic rings. The van der Waals surface area contributed by atoms with Crippen LogP contribution in [0.4, 0.5) is 17.1 Å². The smallest absolute Gasteiger partial charge is 0.164 e. The topological polar surface area (TPSA) is 46.8 Å². The highest BCUT2D eigenvalue weighted by atomic mass is 15.1. The first kappa shape index (κ1) is 35.5. The zero-order valence-electron chi connectivity index (χ0n) is 33.6. The highest BCUT2D eigenvalue weighted by Gasteiger charge is 2.19. The fraction of sp³-hybridized carbons (Fsp3) is 0. The van der Waals surface area contributed by atoms with E-state index in [-0.39, 0.29) is 0 Å². The van der Waals surface area contributed by atoms with Crippen molar-refractivity contribution in [1.29, 1.82) is 0 Å². The second-order valence-electron chi connectivity index (χ2n) is 15.6. The van der Waals surface area contributed by atoms with Crippen LogP contribution in [-0.4, -0.2) is 19.5 Å². The second kappa shape index (κ2) is 14.7. The molecule has 0 aliphatic heterocycles. The summed E-state index contributed by atoms with van der Waals surface area (Å²) in [5.41, 5.74) is 9.55. The average molecular weight is 792 g/mol. The standard InChI is InChI=1S/C57H37N5/c1-5-17-38(18-6-1)55-58-56(39-19-7-2-8-20-39)60-57(59-55)40-29-32-47-45-25-13-14-26-46(45)48-33-30-44(36-51(48)50(47)35-40)62-53-28-16-15-27-49(53)52-37-43(31-34-54(52)62)61(41-21-9-3-10-22-41)42-23-11-4-12-24-42/h1-37H. The van der Waals surface area contributed by atoms with Gasteiger partial charge in [-0.25, -0.2) is 15.0 Å². The predicted molar refractivity (Wildman–Crippen MR) is 258 cm³/mol. The molecule has 5 heteroatoms. The van der Waals surface area contributed by atoms with Crippen molar-refractivity contribution in [3.05, 3.63) is 224 Å². The molecule has 12 aromatic rings. The van der Waals surface area contributed by atoms with Gasteiger partial charge in [0.25, 0.3) is 0 Å². The first-order chi connectivity index (χ1) is 30.7. The molecule has 0 atom stereocenters. The van der Waals surface area contributed by atoms with Gasteiger partial charge in [0.2, 0.25) is 0 Å². The van der Waals surface area contributed by atoms with Crippen LogP contribution < -0.4 is 4.90 Å². The summed E-state index contributed by atoms with van der Waals surface area (Å²) >= 11 is 0. The van der Waals surface area contributed by atoms with E-state index in [2.05, 4.69) is 173 Å². The number of rotatable bonds is 7. The number of para-hydroxylation sites is 3. The van der Waals surface area contributed by atoms with Gasteiger partial charge in [-0.2, -0.15) is 0 Å². The van der Waals surface area contributed by atoms with Gasteiger partial charge < -0.3 is 9.47 Å². The van der Waals surface area contributed by atoms with E-state index >= 15 is 0 Å². The summed E-state index contributed by atoms with van der Waals surface area (Å²) in [5, 5.41) is 9.53. The SMILES string of the molecule is c1ccc(-c2nc(-c3ccccc3)nc(-c3ccc4c5ccccc5c5ccc(-n6c7ccccc7c7cc(N(c8ccccc8)c8ccccc8)ccc76)cc5c4c3)n2)cc1. The maximum Gasteiger partial charge on any atom is 0.164 e. The van der Waals surface area contributed by atoms with Crippen molar-refractivity contribution in [2.75, 3.05) is 4.90 Å². The Labute approximate surface area is 358 Å². The lowest BCUT2D eigenvalue weighted by Crippen LogP contribution is -2.09. The summed E-state index contributed by atoms with van der Waals surface area (Å²) < 4.78 is 2.42. The molecule has 0 amide bonds. The molecule has 0 aliphatic carbocycles. The molecule has 0 bridgehead atoms. The molecule has 2 heterocycles. The number of anilines is 3. The maximum absolute atomic E-state index is 5.10. The Morgan fingerprint density at radius 2 is 0.726 bits per heavy atom. The first-order valence-electron chi connectivity index (χ1n) is 20.9. The third kappa shape index (κ3) is 5.98. The number of aromatic nitrogens is 4. The largest absolute Gasteiger partial charge is 0.310 e. The monoisotopic (exact) mass is 791 g/mol. The normalized spacial score (nSPS) is 11.5. The average Bonchev–Trinajstić information content (AvgIpc) is 3.68. The number of nitrogens with zero attached hydrogens (tertiary/aromatic N) is 5. The van der Waals surface area contributed by atoms with Crippen LogP contribution in [0.3, 0.4) is 0 Å². The highest BCUT2D eigenvalue weighted by molar-refractivity contribution is 6.26. The Morgan fingerprint density at radius 1 is 0.274 bits per heavy atom. The zero-order chi connectivity index (χ0) is 41.0. The predicted octanol–water partition coefficient (Wildman–Crippen LogP) is 14.9. The van der Waals surface area contributed by atoms with Gasteiger partial charge in [-0.3, -0.25) is 0 Å². The summed E-state index contributed by atoms with van der Waals surface area (Å²) in [6, 6.07) is 79.4. The van der Waals surface area contributed by atoms with Crippen molar-refractivity contribution in [3.63, 3.8) is 0 Å². The molecule has 0 radical (unpaired) electrons. The molecular formula is C57H37N5. The minimum absolute atomic E-state index is 0.635. The summed E-state index contributed by atoms with van der Waals surface area (Å²) in [6.07, 6.45) is 0. The summed E-state index contributed by atoms with van der Waals surface area (Å²) in [5.74, 6) is 1.92. The van der Waals surface area contributed by atoms with Crippen LogP contribution in [-0.2, 0) is 0 Å². The van der Waals surface area contributed by atoms with Crippen LogP contribution in [0, 0.1) is 0 Å². The summed E-state index contributed by atoms with van der Waals surface area (Å²) in [7, 11) is 0. The molecule has 0 saturated carbocycles. The number of benzene rings is 10. The van der Waals surface area contributed by atoms with E-state index in [1.54, 1.807) is 0 Å². The van der Waals surface area contributed by atoms with Gasteiger partial charge >= 0.3 is 0 Å². The number of hydrogen-bond acceptors (Lipinski definition) is 4. The molecular weight excluding hydrogens is 755 g/mol. The summed E-state index contributed by atoms with van der Waals surface area (Å²) in [6.45, 7) is 0. The van der Waals surface area contributed by atoms with Crippen molar-refractivity contribution in [2.24, 2.45) is 0 Å². The third-order valence-electron chi connectivity index (χ3n) is 12.0. The van der Waals surface area contributed by atoms with Gasteiger partial charge in [-0.15, -0.1) is 0 Å². The van der Waals surface area contributed by atoms with Crippen LogP contribution in [0.25, 0.3) is 94.0 Å². The van der Waals surface area contributed by atoms with Crippen LogP contribution in [0.15, 0.2) is 224 Å². The second-order valence-corrected chi connectivity index (χ2v) is 15.6. The molecule has 290 valence electrons. The molecule has 10 aromatic carbocycles. The van der Waals surface area contributed by atoms with E-state index in [1.807, 2.05) is 60.7 Å². The molecule has 0 saturated heterocycles. The van der Waals surface area contributed by atoms with Crippen molar-refractivity contribution < 1.29 is 0 Å². The number of hydrogen-bond donors (Lipinski definition) is 0. The molecule has 0 fully saturated rings. The molecule has 2 aromatic heterocycles. The van der Waals surface area contributed by atoms with Gasteiger partial charge in [0.05, 0.1) is 11.0 Å². The Kier molecular flexibility index (Phi) is 8.42. The van der Waals surface area contributed by atoms with E-state index in [1.165, 1.54) is 37.7 Å². The van der Waals surface area contributed by atoms with E-state index < -0.39 is 0 Å². The highest BCUT2D eigenvalue weighted by Crippen LogP contribution is 2.42. The lowest BCUT2D eigenvalue weighted by atomic mass is 9.93. The minimum atomic E-state index is 0.635. The first-order valence-corrected chi connectivity index (χ1v) is 20.9. The Morgan fingerprint density at radius 3 is 1.32 bits per heavy atom. The van der Waals surface area contributed by atoms with Crippen molar-refractivity contribution in [3.8, 4) is 39.9 Å². The van der Waals surface area contributed by atoms with E-state index in [9.17, 15) is 0 Å². The van der Waals surface area contributed by atoms with E-state index in [4.69, 9.17) is 15.0 Å². The minimum Gasteiger partial charge on any atom is -0.310 e. The molecule has 0 spiro atoms. The van der Waals surface area contributed by atoms with Crippen LogP contribution in [0.5, 0.6) is 0 Å². The number of fused-ring (bicyclic) bond motifs is 9. The maximum atomic E-state index is 5.10. The lowest BCUT2D eigenvalue weighted by molar-refractivity contribution is 1.07. The molecule has 5 nitrogen and oxygen atoms in total. The quantitative estimate of drug-likeness (QED) is 0.151. The van der Waals surface area contributed by atoms with Crippen molar-refractivity contribution in [2.45, 2.75) is 0 Å². The summed E-state index contributed by atoms with van der Waals surface area (Å²) in [4.78, 5) is 17.5. The Bertz CT molecular complexity index is 3520. The third-order valence-corrected chi connectivity index (χ3v) is 12.0. The zero-order valence-corrected chi connectivity index (χ0v) is 33.6. The van der Waals surface area contributed by atoms with Gasteiger partial charge in [-0.05, 0) is 99.0 Å². The van der Waals surface area contributed by atoms with Gasteiger partial charge in [0, 0.05) is 50.2 Å². The van der Waals surface area contributed by atoms with Gasteiger partial charge in [0.1, 0.15) is 0 Å². The molecule has 0 N–H and O–H groups in total. The Balaban J connectivity index is 1.07. The van der Waals surface area contributed by atoms with Crippen LogP contribution in [0.1, 0.15) is 0 Å². The fourth-order valence-corrected chi connectivity index (χ4v) is 9.14. The van der Waals surface area contributed by atoms with Crippen molar-refractivity contribution >= 4 is 71.2 Å². The van der Waals surface area contributed by atoms with Crippen molar-refractivity contribution in [1.82, 2.24) is 19.5 Å². The molecule has 0 unspecified atom stereocenters. The van der Waals surface area contributed by atoms with E-state index in [0.29, 0.717) is 17.5 Å². The fourth-order valence-electron chi connectivity index (χ4n) is 9.14. The molecule has 62 heavy (non-hydrogen) atoms. The van der Waals surface area contributed by atoms with Gasteiger partial charge in [-0.1, -0.05) is 158 Å². The lowest BCUT2D eigenvalue weighted by Gasteiger charge is -2.25. The Hall–Kier alpha value is -8.41. The van der Waals surface area contributed by atoms with Crippen LogP contribution in [0.2, 0.25) is 0 Å². The molecule has 12 rings (SSSR count). The van der Waals surface area contributed by atoms with Gasteiger partial charge in [0.15, 0.2) is 17.5 Å². The van der Waals surface area contributed by atoms with Crippen LogP contribution >= 0.6 is 0 Å². The van der Waals surface area contributed by atoms with E-state index in [0.717, 1.165) is 55.9 Å².